The molecule has 0 aliphatic carbocycles. The standard InChI is InChI=1S/C29H26BrClN6O4/c1-29(2)15-36(24(38)13-8-18-14-19(31)9-12-23(18)37-16-32-34-35-37)26(21-4-3-5-22(30)25(21)29)27(39)33-20-10-6-17(7-11-20)28(40)41/h3-14,16,26,34-35H,15H2,1-2H3,(H,33,39)(H,40,41)/b13-8+. The molecule has 0 spiro atoms. The van der Waals surface area contributed by atoms with E-state index in [0.717, 1.165) is 10.0 Å². The molecule has 4 N–H and O–H groups in total. The highest BCUT2D eigenvalue weighted by molar-refractivity contribution is 9.10. The summed E-state index contributed by atoms with van der Waals surface area (Å²) in [5.74, 6) is -1.85. The second-order valence-electron chi connectivity index (χ2n) is 10.2. The molecule has 2 amide bonds. The summed E-state index contributed by atoms with van der Waals surface area (Å²) < 4.78 is 0.850. The summed E-state index contributed by atoms with van der Waals surface area (Å²) in [6.07, 6.45) is 4.63. The molecule has 210 valence electrons. The van der Waals surface area contributed by atoms with Gasteiger partial charge in [0, 0.05) is 38.8 Å². The Morgan fingerprint density at radius 3 is 2.59 bits per heavy atom. The van der Waals surface area contributed by atoms with Crippen molar-refractivity contribution in [3.05, 3.63) is 98.5 Å². The first-order valence-electron chi connectivity index (χ1n) is 12.6. The number of nitrogens with one attached hydrogen (secondary N) is 3. The Kier molecular flexibility index (Phi) is 7.85. The Balaban J connectivity index is 1.50. The van der Waals surface area contributed by atoms with E-state index in [9.17, 15) is 19.5 Å². The number of halogens is 2. The molecule has 0 fully saturated rings. The lowest BCUT2D eigenvalue weighted by Crippen LogP contribution is -2.51. The third kappa shape index (κ3) is 5.83. The first-order chi connectivity index (χ1) is 19.5. The van der Waals surface area contributed by atoms with E-state index in [1.807, 2.05) is 32.0 Å². The summed E-state index contributed by atoms with van der Waals surface area (Å²) in [5, 5.41) is 18.1. The molecule has 2 aliphatic heterocycles. The number of hydrogen-bond acceptors (Lipinski definition) is 7. The maximum absolute atomic E-state index is 13.8. The van der Waals surface area contributed by atoms with E-state index >= 15 is 0 Å². The maximum atomic E-state index is 13.8. The van der Waals surface area contributed by atoms with Crippen LogP contribution in [-0.2, 0) is 15.0 Å². The second kappa shape index (κ2) is 11.4. The fourth-order valence-electron chi connectivity index (χ4n) is 5.10. The Bertz CT molecular complexity index is 1590. The number of fused-ring (bicyclic) bond motifs is 1. The SMILES string of the molecule is CC1(C)CN(C(=O)/C=C/c2cc(Cl)ccc2N2C=NNN2)C(C(=O)Nc2ccc(C(=O)O)cc2)c2cccc(Br)c21. The van der Waals surface area contributed by atoms with E-state index in [-0.39, 0.29) is 18.0 Å². The number of carbonyl (C=O) groups excluding carboxylic acids is 2. The lowest BCUT2D eigenvalue weighted by atomic mass is 9.75. The number of carbonyl (C=O) groups is 3. The van der Waals surface area contributed by atoms with Gasteiger partial charge in [0.2, 0.25) is 5.91 Å². The quantitative estimate of drug-likeness (QED) is 0.278. The van der Waals surface area contributed by atoms with Gasteiger partial charge in [-0.1, -0.05) is 53.5 Å². The predicted octanol–water partition coefficient (Wildman–Crippen LogP) is 5.09. The van der Waals surface area contributed by atoms with Crippen molar-refractivity contribution in [3.63, 3.8) is 0 Å². The van der Waals surface area contributed by atoms with Gasteiger partial charge in [0.25, 0.3) is 5.91 Å². The minimum Gasteiger partial charge on any atom is -0.478 e. The van der Waals surface area contributed by atoms with Gasteiger partial charge in [-0.3, -0.25) is 9.59 Å². The van der Waals surface area contributed by atoms with Crippen molar-refractivity contribution in [2.75, 3.05) is 16.9 Å². The molecule has 2 heterocycles. The van der Waals surface area contributed by atoms with Crippen LogP contribution in [0.2, 0.25) is 5.02 Å². The smallest absolute Gasteiger partial charge is 0.335 e. The van der Waals surface area contributed by atoms with E-state index in [1.165, 1.54) is 30.3 Å². The number of aromatic carboxylic acids is 1. The Morgan fingerprint density at radius 1 is 1.15 bits per heavy atom. The van der Waals surface area contributed by atoms with Crippen LogP contribution in [0, 0.1) is 0 Å². The normalized spacial score (nSPS) is 17.3. The van der Waals surface area contributed by atoms with E-state index in [4.69, 9.17) is 11.6 Å². The molecule has 0 saturated carbocycles. The van der Waals surface area contributed by atoms with Gasteiger partial charge in [-0.25, -0.2) is 15.3 Å². The van der Waals surface area contributed by atoms with Crippen molar-refractivity contribution in [3.8, 4) is 0 Å². The number of carboxylic acids is 1. The number of hydrogen-bond donors (Lipinski definition) is 4. The van der Waals surface area contributed by atoms with Gasteiger partial charge in [-0.05, 0) is 65.7 Å². The molecule has 1 unspecified atom stereocenters. The molecule has 10 nitrogen and oxygen atoms in total. The van der Waals surface area contributed by atoms with Crippen LogP contribution in [-0.4, -0.2) is 40.7 Å². The van der Waals surface area contributed by atoms with Crippen LogP contribution >= 0.6 is 27.5 Å². The fourth-order valence-corrected chi connectivity index (χ4v) is 6.20. The number of benzene rings is 3. The number of rotatable bonds is 6. The Labute approximate surface area is 249 Å². The first kappa shape index (κ1) is 28.3. The average Bonchev–Trinajstić information content (AvgIpc) is 3.46. The van der Waals surface area contributed by atoms with Gasteiger partial charge in [0.05, 0.1) is 11.3 Å². The highest BCUT2D eigenvalue weighted by atomic mass is 79.9. The van der Waals surface area contributed by atoms with Crippen molar-refractivity contribution in [2.45, 2.75) is 25.3 Å². The lowest BCUT2D eigenvalue weighted by Gasteiger charge is -2.44. The minimum absolute atomic E-state index is 0.102. The first-order valence-corrected chi connectivity index (χ1v) is 13.8. The Hall–Kier alpha value is -4.19. The van der Waals surface area contributed by atoms with E-state index in [2.05, 4.69) is 37.4 Å². The molecule has 5 rings (SSSR count). The van der Waals surface area contributed by atoms with Gasteiger partial charge in [0.15, 0.2) is 0 Å². The zero-order valence-electron chi connectivity index (χ0n) is 22.1. The number of amides is 2. The van der Waals surface area contributed by atoms with Crippen LogP contribution in [0.3, 0.4) is 0 Å². The van der Waals surface area contributed by atoms with Crippen molar-refractivity contribution in [1.82, 2.24) is 16.0 Å². The van der Waals surface area contributed by atoms with E-state index < -0.39 is 23.3 Å². The zero-order chi connectivity index (χ0) is 29.3. The highest BCUT2D eigenvalue weighted by Crippen LogP contribution is 2.44. The van der Waals surface area contributed by atoms with Crippen LogP contribution < -0.4 is 21.4 Å². The monoisotopic (exact) mass is 636 g/mol. The number of hydrazine groups is 2. The summed E-state index contributed by atoms with van der Waals surface area (Å²) in [4.78, 5) is 40.5. The summed E-state index contributed by atoms with van der Waals surface area (Å²) in [5.41, 5.74) is 8.56. The Morgan fingerprint density at radius 2 is 1.90 bits per heavy atom. The summed E-state index contributed by atoms with van der Waals surface area (Å²) in [7, 11) is 0. The molecule has 12 heteroatoms. The van der Waals surface area contributed by atoms with Gasteiger partial charge < -0.3 is 15.3 Å². The topological polar surface area (TPSA) is 126 Å². The van der Waals surface area contributed by atoms with Crippen LogP contribution in [0.5, 0.6) is 0 Å². The highest BCUT2D eigenvalue weighted by Gasteiger charge is 2.43. The van der Waals surface area contributed by atoms with Gasteiger partial charge in [-0.2, -0.15) is 5.10 Å². The third-order valence-corrected chi connectivity index (χ3v) is 7.78. The molecular weight excluding hydrogens is 612 g/mol. The van der Waals surface area contributed by atoms with Crippen molar-refractivity contribution < 1.29 is 19.5 Å². The van der Waals surface area contributed by atoms with Crippen LogP contribution in [0.4, 0.5) is 11.4 Å². The maximum Gasteiger partial charge on any atom is 0.335 e. The predicted molar refractivity (Wildman–Crippen MR) is 161 cm³/mol. The van der Waals surface area contributed by atoms with E-state index in [1.54, 1.807) is 40.5 Å². The number of hydrazone groups is 1. The van der Waals surface area contributed by atoms with Gasteiger partial charge in [0.1, 0.15) is 12.4 Å². The summed E-state index contributed by atoms with van der Waals surface area (Å²) in [6, 6.07) is 15.8. The molecule has 0 bridgehead atoms. The largest absolute Gasteiger partial charge is 0.478 e. The number of carboxylic acid groups (broad SMARTS) is 1. The zero-order valence-corrected chi connectivity index (χ0v) is 24.4. The molecule has 0 aromatic heterocycles. The lowest BCUT2D eigenvalue weighted by molar-refractivity contribution is -0.136. The fraction of sp³-hybridized carbons (Fsp3) is 0.172. The van der Waals surface area contributed by atoms with Crippen molar-refractivity contribution >= 4 is 69.1 Å². The van der Waals surface area contributed by atoms with Gasteiger partial charge >= 0.3 is 5.97 Å². The molecule has 2 aliphatic rings. The minimum atomic E-state index is -1.06. The molecule has 1 atom stereocenters. The number of nitrogens with zero attached hydrogens (tertiary/aromatic N) is 3. The molecular formula is C29H26BrClN6O4. The molecule has 3 aromatic rings. The van der Waals surface area contributed by atoms with E-state index in [0.29, 0.717) is 27.5 Å². The average molecular weight is 638 g/mol. The van der Waals surface area contributed by atoms with Crippen LogP contribution in [0.15, 0.2) is 76.3 Å². The molecule has 0 radical (unpaired) electrons. The third-order valence-electron chi connectivity index (χ3n) is 6.89. The van der Waals surface area contributed by atoms with Crippen molar-refractivity contribution in [1.29, 1.82) is 0 Å². The van der Waals surface area contributed by atoms with Crippen LogP contribution in [0.25, 0.3) is 6.08 Å². The molecule has 41 heavy (non-hydrogen) atoms. The molecule has 3 aromatic carbocycles. The second-order valence-corrected chi connectivity index (χ2v) is 11.5. The molecule has 0 saturated heterocycles. The summed E-state index contributed by atoms with van der Waals surface area (Å²) >= 11 is 9.90. The van der Waals surface area contributed by atoms with Crippen molar-refractivity contribution in [2.24, 2.45) is 5.10 Å². The number of anilines is 2. The van der Waals surface area contributed by atoms with Gasteiger partial charge in [-0.15, -0.1) is 5.53 Å². The summed E-state index contributed by atoms with van der Waals surface area (Å²) in [6.45, 7) is 4.33. The van der Waals surface area contributed by atoms with Crippen LogP contribution in [0.1, 0.15) is 46.9 Å².